The monoisotopic (exact) mass is 410 g/mol. The lowest BCUT2D eigenvalue weighted by molar-refractivity contribution is 0.0697. The average Bonchev–Trinajstić information content (AvgIpc) is 3.24. The SMILES string of the molecule is Cc1ccc(C2=Nc3c(cc(C(=O)O)cc3-c3ccc(C4CCNCC4)cc3)C2)cc1. The molecule has 3 aromatic carbocycles. The van der Waals surface area contributed by atoms with E-state index in [-0.39, 0.29) is 0 Å². The van der Waals surface area contributed by atoms with Gasteiger partial charge in [-0.05, 0) is 73.2 Å². The maximum atomic E-state index is 11.8. The van der Waals surface area contributed by atoms with E-state index in [1.54, 1.807) is 12.1 Å². The highest BCUT2D eigenvalue weighted by Crippen LogP contribution is 2.40. The van der Waals surface area contributed by atoms with E-state index < -0.39 is 5.97 Å². The summed E-state index contributed by atoms with van der Waals surface area (Å²) in [5, 5.41) is 13.1. The van der Waals surface area contributed by atoms with Crippen LogP contribution in [0.3, 0.4) is 0 Å². The molecule has 3 aromatic rings. The van der Waals surface area contributed by atoms with Crippen molar-refractivity contribution in [1.82, 2.24) is 5.32 Å². The smallest absolute Gasteiger partial charge is 0.335 e. The molecule has 0 bridgehead atoms. The lowest BCUT2D eigenvalue weighted by Crippen LogP contribution is -2.26. The van der Waals surface area contributed by atoms with E-state index >= 15 is 0 Å². The van der Waals surface area contributed by atoms with Crippen LogP contribution in [-0.4, -0.2) is 29.9 Å². The number of nitrogens with zero attached hydrogens (tertiary/aromatic N) is 1. The molecular formula is C27H26N2O2. The highest BCUT2D eigenvalue weighted by Gasteiger charge is 2.23. The van der Waals surface area contributed by atoms with Crippen molar-refractivity contribution < 1.29 is 9.90 Å². The van der Waals surface area contributed by atoms with Crippen LogP contribution in [0.25, 0.3) is 11.1 Å². The Balaban J connectivity index is 1.54. The highest BCUT2D eigenvalue weighted by atomic mass is 16.4. The van der Waals surface area contributed by atoms with Gasteiger partial charge in [-0.15, -0.1) is 0 Å². The molecule has 4 nitrogen and oxygen atoms in total. The number of carbonyl (C=O) groups is 1. The zero-order valence-electron chi connectivity index (χ0n) is 17.7. The minimum Gasteiger partial charge on any atom is -0.478 e. The molecule has 1 fully saturated rings. The Morgan fingerprint density at radius 3 is 2.32 bits per heavy atom. The van der Waals surface area contributed by atoms with Gasteiger partial charge in [-0.2, -0.15) is 0 Å². The van der Waals surface area contributed by atoms with Crippen molar-refractivity contribution in [2.45, 2.75) is 32.1 Å². The van der Waals surface area contributed by atoms with Crippen LogP contribution >= 0.6 is 0 Å². The molecular weight excluding hydrogens is 384 g/mol. The molecule has 4 heteroatoms. The first kappa shape index (κ1) is 19.7. The Morgan fingerprint density at radius 1 is 0.968 bits per heavy atom. The van der Waals surface area contributed by atoms with Gasteiger partial charge in [-0.25, -0.2) is 4.79 Å². The molecule has 0 aromatic heterocycles. The maximum Gasteiger partial charge on any atom is 0.335 e. The maximum absolute atomic E-state index is 11.8. The second kappa shape index (κ2) is 8.12. The van der Waals surface area contributed by atoms with Gasteiger partial charge < -0.3 is 10.4 Å². The minimum absolute atomic E-state index is 0.316. The number of carboxylic acids is 1. The number of piperidine rings is 1. The minimum atomic E-state index is -0.904. The van der Waals surface area contributed by atoms with E-state index in [4.69, 9.17) is 4.99 Å². The molecule has 156 valence electrons. The first-order valence-electron chi connectivity index (χ1n) is 10.9. The third-order valence-corrected chi connectivity index (χ3v) is 6.46. The van der Waals surface area contributed by atoms with Gasteiger partial charge in [0, 0.05) is 12.0 Å². The number of aryl methyl sites for hydroxylation is 1. The summed E-state index contributed by atoms with van der Waals surface area (Å²) in [5.74, 6) is -0.309. The van der Waals surface area contributed by atoms with Crippen LogP contribution in [0.2, 0.25) is 0 Å². The molecule has 2 aliphatic heterocycles. The number of hydrogen-bond donors (Lipinski definition) is 2. The van der Waals surface area contributed by atoms with Gasteiger partial charge in [-0.1, -0.05) is 54.1 Å². The fraction of sp³-hybridized carbons (Fsp3) is 0.259. The number of benzene rings is 3. The highest BCUT2D eigenvalue weighted by molar-refractivity contribution is 6.09. The van der Waals surface area contributed by atoms with E-state index in [9.17, 15) is 9.90 Å². The van der Waals surface area contributed by atoms with Crippen molar-refractivity contribution in [3.63, 3.8) is 0 Å². The molecule has 0 radical (unpaired) electrons. The summed E-state index contributed by atoms with van der Waals surface area (Å²) < 4.78 is 0. The molecule has 0 unspecified atom stereocenters. The van der Waals surface area contributed by atoms with Crippen molar-refractivity contribution in [3.8, 4) is 11.1 Å². The lowest BCUT2D eigenvalue weighted by atomic mass is 9.88. The Hall–Kier alpha value is -3.24. The Kier molecular flexibility index (Phi) is 5.16. The summed E-state index contributed by atoms with van der Waals surface area (Å²) >= 11 is 0. The molecule has 0 spiro atoms. The number of aromatic carboxylic acids is 1. The van der Waals surface area contributed by atoms with Crippen LogP contribution < -0.4 is 5.32 Å². The van der Waals surface area contributed by atoms with Crippen LogP contribution in [-0.2, 0) is 6.42 Å². The zero-order chi connectivity index (χ0) is 21.4. The summed E-state index contributed by atoms with van der Waals surface area (Å²) in [5.41, 5.74) is 8.76. The Morgan fingerprint density at radius 2 is 1.65 bits per heavy atom. The van der Waals surface area contributed by atoms with Crippen molar-refractivity contribution in [1.29, 1.82) is 0 Å². The predicted molar refractivity (Wildman–Crippen MR) is 125 cm³/mol. The Labute approximate surface area is 182 Å². The van der Waals surface area contributed by atoms with Crippen LogP contribution in [0.4, 0.5) is 5.69 Å². The van der Waals surface area contributed by atoms with Gasteiger partial charge in [0.25, 0.3) is 0 Å². The molecule has 31 heavy (non-hydrogen) atoms. The number of rotatable bonds is 4. The number of carboxylic acid groups (broad SMARTS) is 1. The van der Waals surface area contributed by atoms with Crippen molar-refractivity contribution in [2.24, 2.45) is 4.99 Å². The first-order chi connectivity index (χ1) is 15.1. The van der Waals surface area contributed by atoms with Gasteiger partial charge in [0.2, 0.25) is 0 Å². The largest absolute Gasteiger partial charge is 0.478 e. The summed E-state index contributed by atoms with van der Waals surface area (Å²) in [4.78, 5) is 16.7. The second-order valence-electron chi connectivity index (χ2n) is 8.58. The molecule has 2 N–H and O–H groups in total. The number of nitrogens with one attached hydrogen (secondary N) is 1. The van der Waals surface area contributed by atoms with Crippen LogP contribution in [0.5, 0.6) is 0 Å². The molecule has 2 heterocycles. The van der Waals surface area contributed by atoms with E-state index in [2.05, 4.69) is 60.8 Å². The van der Waals surface area contributed by atoms with E-state index in [0.717, 1.165) is 59.6 Å². The zero-order valence-corrected chi connectivity index (χ0v) is 17.7. The fourth-order valence-electron chi connectivity index (χ4n) is 4.66. The standard InChI is InChI=1S/C27H26N2O2/c1-17-2-4-21(5-3-17)25-16-22-14-23(27(30)31)15-24(26(22)29-25)20-8-6-18(7-9-20)19-10-12-28-13-11-19/h2-9,14-15,19,28H,10-13,16H2,1H3,(H,30,31). The average molecular weight is 411 g/mol. The van der Waals surface area contributed by atoms with Crippen molar-refractivity contribution in [2.75, 3.05) is 13.1 Å². The number of hydrogen-bond acceptors (Lipinski definition) is 3. The quantitative estimate of drug-likeness (QED) is 0.597. The van der Waals surface area contributed by atoms with Gasteiger partial charge in [0.1, 0.15) is 0 Å². The molecule has 0 saturated carbocycles. The number of aliphatic imine (C=N–C) groups is 1. The molecule has 2 aliphatic rings. The summed E-state index contributed by atoms with van der Waals surface area (Å²) in [6.45, 7) is 4.20. The van der Waals surface area contributed by atoms with Crippen LogP contribution in [0.1, 0.15) is 51.4 Å². The predicted octanol–water partition coefficient (Wildman–Crippen LogP) is 5.50. The number of fused-ring (bicyclic) bond motifs is 1. The van der Waals surface area contributed by atoms with Gasteiger partial charge in [-0.3, -0.25) is 4.99 Å². The van der Waals surface area contributed by atoms with E-state index in [1.165, 1.54) is 11.1 Å². The normalized spacial score (nSPS) is 16.1. The molecule has 5 rings (SSSR count). The first-order valence-corrected chi connectivity index (χ1v) is 10.9. The van der Waals surface area contributed by atoms with Gasteiger partial charge in [0.05, 0.1) is 17.0 Å². The van der Waals surface area contributed by atoms with Gasteiger partial charge >= 0.3 is 5.97 Å². The molecule has 0 atom stereocenters. The van der Waals surface area contributed by atoms with Crippen molar-refractivity contribution >= 4 is 17.4 Å². The molecule has 0 amide bonds. The lowest BCUT2D eigenvalue weighted by Gasteiger charge is -2.23. The topological polar surface area (TPSA) is 61.7 Å². The van der Waals surface area contributed by atoms with Crippen LogP contribution in [0.15, 0.2) is 65.7 Å². The summed E-state index contributed by atoms with van der Waals surface area (Å²) in [6, 6.07) is 20.5. The fourth-order valence-corrected chi connectivity index (χ4v) is 4.66. The van der Waals surface area contributed by atoms with Crippen molar-refractivity contribution in [3.05, 3.63) is 88.5 Å². The van der Waals surface area contributed by atoms with Crippen LogP contribution in [0, 0.1) is 6.92 Å². The third-order valence-electron chi connectivity index (χ3n) is 6.46. The summed E-state index contributed by atoms with van der Waals surface area (Å²) in [6.07, 6.45) is 2.97. The summed E-state index contributed by atoms with van der Waals surface area (Å²) in [7, 11) is 0. The second-order valence-corrected chi connectivity index (χ2v) is 8.58. The third kappa shape index (κ3) is 3.91. The van der Waals surface area contributed by atoms with E-state index in [1.807, 2.05) is 0 Å². The van der Waals surface area contributed by atoms with E-state index in [0.29, 0.717) is 17.9 Å². The van der Waals surface area contributed by atoms with Gasteiger partial charge in [0.15, 0.2) is 0 Å². The molecule has 1 saturated heterocycles. The molecule has 0 aliphatic carbocycles. The Bertz CT molecular complexity index is 1160.